The SMILES string of the molecule is CC(OC(=O)CCNS(=O)(=O)c1ccc2c(c1)OCCO2)C(=O)Nc1cccc(Cl)c1. The third kappa shape index (κ3) is 6.33. The molecule has 2 aromatic rings. The van der Waals surface area contributed by atoms with Gasteiger partial charge in [0.05, 0.1) is 11.3 Å². The lowest BCUT2D eigenvalue weighted by atomic mass is 10.3. The molecular weight excluding hydrogens is 448 g/mol. The second-order valence-electron chi connectivity index (χ2n) is 6.58. The molecule has 9 nitrogen and oxygen atoms in total. The molecular formula is C20H21ClN2O7S. The first-order valence-corrected chi connectivity index (χ1v) is 11.3. The molecule has 3 rings (SSSR count). The Morgan fingerprint density at radius 2 is 1.87 bits per heavy atom. The van der Waals surface area contributed by atoms with Crippen molar-refractivity contribution in [1.82, 2.24) is 4.72 Å². The van der Waals surface area contributed by atoms with E-state index in [1.54, 1.807) is 24.3 Å². The largest absolute Gasteiger partial charge is 0.486 e. The number of carbonyl (C=O) groups is 2. The monoisotopic (exact) mass is 468 g/mol. The number of halogens is 1. The van der Waals surface area contributed by atoms with Gasteiger partial charge < -0.3 is 19.5 Å². The number of sulfonamides is 1. The Kier molecular flexibility index (Phi) is 7.37. The van der Waals surface area contributed by atoms with Crippen molar-refractivity contribution in [2.24, 2.45) is 0 Å². The molecule has 2 N–H and O–H groups in total. The van der Waals surface area contributed by atoms with Crippen molar-refractivity contribution in [1.29, 1.82) is 0 Å². The third-order valence-electron chi connectivity index (χ3n) is 4.21. The van der Waals surface area contributed by atoms with Crippen molar-refractivity contribution >= 4 is 39.2 Å². The maximum Gasteiger partial charge on any atom is 0.307 e. The highest BCUT2D eigenvalue weighted by Crippen LogP contribution is 2.32. The Morgan fingerprint density at radius 3 is 2.61 bits per heavy atom. The van der Waals surface area contributed by atoms with Gasteiger partial charge in [-0.05, 0) is 37.3 Å². The number of ether oxygens (including phenoxy) is 3. The fourth-order valence-electron chi connectivity index (χ4n) is 2.68. The summed E-state index contributed by atoms with van der Waals surface area (Å²) in [6, 6.07) is 10.8. The van der Waals surface area contributed by atoms with Gasteiger partial charge in [0.15, 0.2) is 17.6 Å². The van der Waals surface area contributed by atoms with E-state index in [9.17, 15) is 18.0 Å². The molecule has 0 saturated carbocycles. The molecule has 1 heterocycles. The number of hydrogen-bond acceptors (Lipinski definition) is 7. The summed E-state index contributed by atoms with van der Waals surface area (Å²) in [7, 11) is -3.86. The smallest absolute Gasteiger partial charge is 0.307 e. The molecule has 0 bridgehead atoms. The molecule has 0 aromatic heterocycles. The number of benzene rings is 2. The highest BCUT2D eigenvalue weighted by atomic mass is 35.5. The number of hydrogen-bond donors (Lipinski definition) is 2. The third-order valence-corrected chi connectivity index (χ3v) is 5.91. The fourth-order valence-corrected chi connectivity index (χ4v) is 3.92. The van der Waals surface area contributed by atoms with Crippen molar-refractivity contribution in [2.45, 2.75) is 24.3 Å². The topological polar surface area (TPSA) is 120 Å². The Labute approximate surface area is 184 Å². The van der Waals surface area contributed by atoms with Crippen LogP contribution < -0.4 is 19.5 Å². The molecule has 1 unspecified atom stereocenters. The molecule has 1 aliphatic heterocycles. The minimum absolute atomic E-state index is 0.0145. The van der Waals surface area contributed by atoms with Crippen LogP contribution in [0.4, 0.5) is 5.69 Å². The summed E-state index contributed by atoms with van der Waals surface area (Å²) in [5.74, 6) is -0.446. The number of carbonyl (C=O) groups excluding carboxylic acids is 2. The Bertz CT molecular complexity index is 1070. The lowest BCUT2D eigenvalue weighted by molar-refractivity contribution is -0.152. The zero-order valence-corrected chi connectivity index (χ0v) is 18.2. The van der Waals surface area contributed by atoms with Crippen molar-refractivity contribution in [3.05, 3.63) is 47.5 Å². The van der Waals surface area contributed by atoms with E-state index in [-0.39, 0.29) is 17.9 Å². The van der Waals surface area contributed by atoms with Crippen molar-refractivity contribution in [3.63, 3.8) is 0 Å². The van der Waals surface area contributed by atoms with Gasteiger partial charge in [-0.25, -0.2) is 13.1 Å². The summed E-state index contributed by atoms with van der Waals surface area (Å²) in [5.41, 5.74) is 0.465. The number of nitrogens with one attached hydrogen (secondary N) is 2. The second-order valence-corrected chi connectivity index (χ2v) is 8.79. The Hall–Kier alpha value is -2.82. The highest BCUT2D eigenvalue weighted by Gasteiger charge is 2.21. The van der Waals surface area contributed by atoms with Gasteiger partial charge >= 0.3 is 5.97 Å². The fraction of sp³-hybridized carbons (Fsp3) is 0.300. The van der Waals surface area contributed by atoms with E-state index in [0.29, 0.717) is 35.4 Å². The molecule has 0 saturated heterocycles. The van der Waals surface area contributed by atoms with E-state index >= 15 is 0 Å². The van der Waals surface area contributed by atoms with Crippen LogP contribution in [0.15, 0.2) is 47.4 Å². The van der Waals surface area contributed by atoms with Crippen molar-refractivity contribution in [2.75, 3.05) is 25.1 Å². The number of amides is 1. The highest BCUT2D eigenvalue weighted by molar-refractivity contribution is 7.89. The van der Waals surface area contributed by atoms with Crippen LogP contribution in [0.3, 0.4) is 0 Å². The molecule has 1 aliphatic rings. The predicted molar refractivity (Wildman–Crippen MR) is 113 cm³/mol. The molecule has 31 heavy (non-hydrogen) atoms. The van der Waals surface area contributed by atoms with Gasteiger partial charge in [0.25, 0.3) is 5.91 Å². The van der Waals surface area contributed by atoms with Crippen LogP contribution >= 0.6 is 11.6 Å². The molecule has 11 heteroatoms. The molecule has 166 valence electrons. The number of rotatable bonds is 8. The quantitative estimate of drug-likeness (QED) is 0.570. The molecule has 0 spiro atoms. The molecule has 0 radical (unpaired) electrons. The van der Waals surface area contributed by atoms with Gasteiger partial charge in [-0.1, -0.05) is 17.7 Å². The first-order valence-electron chi connectivity index (χ1n) is 9.40. The van der Waals surface area contributed by atoms with Crippen LogP contribution in [-0.4, -0.2) is 46.2 Å². The molecule has 0 aliphatic carbocycles. The van der Waals surface area contributed by atoms with Crippen molar-refractivity contribution in [3.8, 4) is 11.5 Å². The summed E-state index contributed by atoms with van der Waals surface area (Å²) < 4.78 is 43.0. The first kappa shape index (κ1) is 22.9. The normalized spacial score (nSPS) is 13.9. The minimum Gasteiger partial charge on any atom is -0.486 e. The Balaban J connectivity index is 1.47. The maximum atomic E-state index is 12.4. The number of fused-ring (bicyclic) bond motifs is 1. The van der Waals surface area contributed by atoms with Gasteiger partial charge in [-0.3, -0.25) is 9.59 Å². The zero-order chi connectivity index (χ0) is 22.4. The summed E-state index contributed by atoms with van der Waals surface area (Å²) in [4.78, 5) is 24.1. The van der Waals surface area contributed by atoms with Crippen LogP contribution in [-0.2, 0) is 24.3 Å². The van der Waals surface area contributed by atoms with E-state index < -0.39 is 28.0 Å². The minimum atomic E-state index is -3.86. The zero-order valence-electron chi connectivity index (χ0n) is 16.6. The molecule has 0 fully saturated rings. The van der Waals surface area contributed by atoms with Gasteiger partial charge in [-0.2, -0.15) is 0 Å². The van der Waals surface area contributed by atoms with Crippen LogP contribution in [0.5, 0.6) is 11.5 Å². The summed E-state index contributed by atoms with van der Waals surface area (Å²) in [5, 5.41) is 3.03. The Morgan fingerprint density at radius 1 is 1.13 bits per heavy atom. The number of anilines is 1. The lowest BCUT2D eigenvalue weighted by Crippen LogP contribution is -2.32. The van der Waals surface area contributed by atoms with Gasteiger partial charge in [0, 0.05) is 23.3 Å². The average molecular weight is 469 g/mol. The van der Waals surface area contributed by atoms with Gasteiger partial charge in [-0.15, -0.1) is 0 Å². The van der Waals surface area contributed by atoms with Crippen LogP contribution in [0.2, 0.25) is 5.02 Å². The van der Waals surface area contributed by atoms with Gasteiger partial charge in [0.1, 0.15) is 13.2 Å². The van der Waals surface area contributed by atoms with Crippen LogP contribution in [0.1, 0.15) is 13.3 Å². The summed E-state index contributed by atoms with van der Waals surface area (Å²) in [6.07, 6.45) is -1.32. The van der Waals surface area contributed by atoms with E-state index in [2.05, 4.69) is 10.0 Å². The number of esters is 1. The van der Waals surface area contributed by atoms with Crippen LogP contribution in [0, 0.1) is 0 Å². The van der Waals surface area contributed by atoms with E-state index in [1.807, 2.05) is 0 Å². The van der Waals surface area contributed by atoms with E-state index in [1.165, 1.54) is 25.1 Å². The van der Waals surface area contributed by atoms with Crippen molar-refractivity contribution < 1.29 is 32.2 Å². The van der Waals surface area contributed by atoms with E-state index in [4.69, 9.17) is 25.8 Å². The average Bonchev–Trinajstić information content (AvgIpc) is 2.73. The first-order chi connectivity index (χ1) is 14.7. The van der Waals surface area contributed by atoms with E-state index in [0.717, 1.165) is 0 Å². The van der Waals surface area contributed by atoms with Crippen LogP contribution in [0.25, 0.3) is 0 Å². The summed E-state index contributed by atoms with van der Waals surface area (Å²) >= 11 is 5.86. The summed E-state index contributed by atoms with van der Waals surface area (Å²) in [6.45, 7) is 1.95. The lowest BCUT2D eigenvalue weighted by Gasteiger charge is -2.19. The maximum absolute atomic E-state index is 12.4. The van der Waals surface area contributed by atoms with Gasteiger partial charge in [0.2, 0.25) is 10.0 Å². The molecule has 1 atom stereocenters. The molecule has 1 amide bonds. The second kappa shape index (κ2) is 9.99. The predicted octanol–water partition coefficient (Wildman–Crippen LogP) is 2.35. The molecule has 2 aromatic carbocycles. The standard InChI is InChI=1S/C20H21ClN2O7S/c1-13(20(25)23-15-4-2-3-14(21)11-15)30-19(24)7-8-22-31(26,27)16-5-6-17-18(12-16)29-10-9-28-17/h2-6,11-13,22H,7-10H2,1H3,(H,23,25).